The van der Waals surface area contributed by atoms with Crippen LogP contribution in [0.25, 0.3) is 0 Å². The molecule has 8 rings (SSSR count). The van der Waals surface area contributed by atoms with Crippen LogP contribution in [0.3, 0.4) is 0 Å². The Morgan fingerprint density at radius 1 is 0.311 bits per heavy atom. The average Bonchev–Trinajstić information content (AvgIpc) is 3.29. The van der Waals surface area contributed by atoms with Crippen molar-refractivity contribution in [2.75, 3.05) is 26.1 Å². The van der Waals surface area contributed by atoms with Gasteiger partial charge in [0.2, 0.25) is 0 Å². The first-order valence-electron chi connectivity index (χ1n) is 21.0. The van der Waals surface area contributed by atoms with Crippen molar-refractivity contribution in [3.8, 4) is 0 Å². The van der Waals surface area contributed by atoms with Gasteiger partial charge in [-0.25, -0.2) is 0 Å². The minimum Gasteiger partial charge on any atom is -0.338 e. The second kappa shape index (κ2) is 19.0. The summed E-state index contributed by atoms with van der Waals surface area (Å²) in [4.78, 5) is 9.34. The van der Waals surface area contributed by atoms with Crippen molar-refractivity contribution in [1.82, 2.24) is 0 Å². The number of aryl methyl sites for hydroxylation is 3. The maximum absolute atomic E-state index is 2.36. The number of rotatable bonds is 14. The Labute approximate surface area is 362 Å². The number of hydrogen-bond acceptors (Lipinski definition) is 4. The lowest BCUT2D eigenvalue weighted by molar-refractivity contribution is 1.09. The highest BCUT2D eigenvalue weighted by atomic mass is 15.2. The van der Waals surface area contributed by atoms with Crippen molar-refractivity contribution < 1.29 is 0 Å². The van der Waals surface area contributed by atoms with Gasteiger partial charge in [0.15, 0.2) is 0 Å². The second-order valence-corrected chi connectivity index (χ2v) is 15.3. The summed E-state index contributed by atoms with van der Waals surface area (Å²) < 4.78 is 0. The molecule has 0 spiro atoms. The molecule has 0 atom stereocenters. The van der Waals surface area contributed by atoms with Gasteiger partial charge in [-0.15, -0.1) is 0 Å². The van der Waals surface area contributed by atoms with Crippen LogP contribution in [0.5, 0.6) is 0 Å². The fourth-order valence-corrected chi connectivity index (χ4v) is 7.82. The van der Waals surface area contributed by atoms with E-state index in [1.54, 1.807) is 0 Å². The number of para-hydroxylation sites is 2. The summed E-state index contributed by atoms with van der Waals surface area (Å²) in [7, 11) is 0. The zero-order chi connectivity index (χ0) is 42.0. The summed E-state index contributed by atoms with van der Waals surface area (Å²) in [6, 6.07) is 74.0. The molecule has 0 aliphatic rings. The smallest absolute Gasteiger partial charge is 0.0464 e. The number of allylic oxidation sites excluding steroid dienone is 3. The molecule has 61 heavy (non-hydrogen) atoms. The molecular formula is C57H52N4. The molecule has 0 bridgehead atoms. The normalized spacial score (nSPS) is 11.2. The molecular weight excluding hydrogens is 741 g/mol. The fourth-order valence-electron chi connectivity index (χ4n) is 7.82. The third kappa shape index (κ3) is 9.51. The molecule has 0 saturated carbocycles. The molecule has 8 aromatic rings. The minimum absolute atomic E-state index is 0.748. The third-order valence-electron chi connectivity index (χ3n) is 10.7. The molecule has 8 aromatic carbocycles. The molecule has 0 N–H and O–H groups in total. The van der Waals surface area contributed by atoms with Crippen molar-refractivity contribution in [3.05, 3.63) is 247 Å². The van der Waals surface area contributed by atoms with Gasteiger partial charge in [0, 0.05) is 69.1 Å². The van der Waals surface area contributed by atoms with Gasteiger partial charge in [-0.1, -0.05) is 97.1 Å². The molecule has 0 aromatic heterocycles. The van der Waals surface area contributed by atoms with Crippen molar-refractivity contribution in [2.24, 2.45) is 0 Å². The van der Waals surface area contributed by atoms with E-state index in [9.17, 15) is 0 Å². The van der Waals surface area contributed by atoms with Crippen molar-refractivity contribution in [3.63, 3.8) is 0 Å². The highest BCUT2D eigenvalue weighted by Gasteiger charge is 2.19. The van der Waals surface area contributed by atoms with E-state index in [-0.39, 0.29) is 0 Å². The van der Waals surface area contributed by atoms with Gasteiger partial charge < -0.3 is 19.6 Å². The van der Waals surface area contributed by atoms with Crippen LogP contribution in [-0.2, 0) is 0 Å². The Kier molecular flexibility index (Phi) is 12.5. The van der Waals surface area contributed by atoms with E-state index < -0.39 is 0 Å². The summed E-state index contributed by atoms with van der Waals surface area (Å²) in [5.74, 6) is 0. The lowest BCUT2D eigenvalue weighted by Crippen LogP contribution is -2.17. The van der Waals surface area contributed by atoms with Crippen LogP contribution in [0.1, 0.15) is 23.6 Å². The van der Waals surface area contributed by atoms with Crippen molar-refractivity contribution in [2.45, 2.75) is 27.7 Å². The largest absolute Gasteiger partial charge is 0.338 e. The van der Waals surface area contributed by atoms with Gasteiger partial charge in [0.05, 0.1) is 0 Å². The van der Waals surface area contributed by atoms with Gasteiger partial charge in [-0.2, -0.15) is 0 Å². The Hall–Kier alpha value is -7.56. The summed E-state index contributed by atoms with van der Waals surface area (Å²) in [6.45, 7) is 9.23. The standard InChI is InChI=1S/C57H52N4/c1-5-6-7-14-40-58(55-25-15-18-44(2)41-55)47-28-30-50(31-29-47)59(51-32-36-53(37-33-51)60(48-21-10-8-11-22-48)56-26-16-19-45(3)42-56)52-34-38-54(39-35-52)61(49-23-12-9-13-24-49)57-27-17-20-46(4)43-57/h5-39,41-43H,40H2,1-4H3/b6-5-,14-7-. The Morgan fingerprint density at radius 3 is 1.00 bits per heavy atom. The van der Waals surface area contributed by atoms with E-state index in [4.69, 9.17) is 0 Å². The molecule has 4 nitrogen and oxygen atoms in total. The Balaban J connectivity index is 1.21. The van der Waals surface area contributed by atoms with Crippen LogP contribution in [0, 0.1) is 20.8 Å². The molecule has 0 saturated heterocycles. The van der Waals surface area contributed by atoms with E-state index in [1.807, 2.05) is 6.92 Å². The third-order valence-corrected chi connectivity index (χ3v) is 10.7. The second-order valence-electron chi connectivity index (χ2n) is 15.3. The van der Waals surface area contributed by atoms with E-state index in [1.165, 1.54) is 16.7 Å². The highest BCUT2D eigenvalue weighted by molar-refractivity contribution is 5.84. The zero-order valence-corrected chi connectivity index (χ0v) is 35.4. The molecule has 0 radical (unpaired) electrons. The van der Waals surface area contributed by atoms with Crippen LogP contribution >= 0.6 is 0 Å². The van der Waals surface area contributed by atoms with Crippen LogP contribution in [0.4, 0.5) is 62.6 Å². The maximum atomic E-state index is 2.36. The maximum Gasteiger partial charge on any atom is 0.0464 e. The zero-order valence-electron chi connectivity index (χ0n) is 35.4. The first kappa shape index (κ1) is 40.2. The van der Waals surface area contributed by atoms with Gasteiger partial charge in [-0.05, 0) is 178 Å². The van der Waals surface area contributed by atoms with Gasteiger partial charge >= 0.3 is 0 Å². The predicted molar refractivity (Wildman–Crippen MR) is 262 cm³/mol. The number of nitrogens with zero attached hydrogens (tertiary/aromatic N) is 4. The lowest BCUT2D eigenvalue weighted by atomic mass is 10.1. The first-order valence-corrected chi connectivity index (χ1v) is 21.0. The topological polar surface area (TPSA) is 13.0 Å². The molecule has 4 heteroatoms. The highest BCUT2D eigenvalue weighted by Crippen LogP contribution is 2.42. The molecule has 300 valence electrons. The van der Waals surface area contributed by atoms with Crippen LogP contribution in [0.15, 0.2) is 231 Å². The van der Waals surface area contributed by atoms with E-state index >= 15 is 0 Å². The van der Waals surface area contributed by atoms with Crippen LogP contribution < -0.4 is 19.6 Å². The molecule has 0 unspecified atom stereocenters. The molecule has 0 heterocycles. The SMILES string of the molecule is C/C=C\C=C/CN(c1ccc(N(c2ccc(N(c3ccccc3)c3cccc(C)c3)cc2)c2ccc(N(c3ccccc3)c3cccc(C)c3)cc2)cc1)c1cccc(C)c1. The van der Waals surface area contributed by atoms with E-state index in [0.29, 0.717) is 0 Å². The van der Waals surface area contributed by atoms with E-state index in [2.05, 4.69) is 271 Å². The van der Waals surface area contributed by atoms with Crippen molar-refractivity contribution in [1.29, 1.82) is 0 Å². The minimum atomic E-state index is 0.748. The summed E-state index contributed by atoms with van der Waals surface area (Å²) in [5.41, 5.74) is 15.8. The Bertz CT molecular complexity index is 2570. The van der Waals surface area contributed by atoms with Gasteiger partial charge in [0.25, 0.3) is 0 Å². The summed E-state index contributed by atoms with van der Waals surface area (Å²) in [6.07, 6.45) is 8.45. The van der Waals surface area contributed by atoms with E-state index in [0.717, 1.165) is 69.1 Å². The molecule has 0 aliphatic carbocycles. The van der Waals surface area contributed by atoms with Crippen molar-refractivity contribution >= 4 is 62.6 Å². The Morgan fingerprint density at radius 2 is 0.623 bits per heavy atom. The monoisotopic (exact) mass is 792 g/mol. The number of hydrogen-bond donors (Lipinski definition) is 0. The summed E-state index contributed by atoms with van der Waals surface area (Å²) >= 11 is 0. The molecule has 0 fully saturated rings. The average molecular weight is 793 g/mol. The quantitative estimate of drug-likeness (QED) is 0.102. The summed E-state index contributed by atoms with van der Waals surface area (Å²) in [5, 5.41) is 0. The first-order chi connectivity index (χ1) is 29.9. The molecule has 0 amide bonds. The van der Waals surface area contributed by atoms with Gasteiger partial charge in [-0.3, -0.25) is 0 Å². The fraction of sp³-hybridized carbons (Fsp3) is 0.0877. The number of anilines is 11. The van der Waals surface area contributed by atoms with Crippen LogP contribution in [0.2, 0.25) is 0 Å². The van der Waals surface area contributed by atoms with Gasteiger partial charge in [0.1, 0.15) is 0 Å². The van der Waals surface area contributed by atoms with Crippen LogP contribution in [-0.4, -0.2) is 6.54 Å². The lowest BCUT2D eigenvalue weighted by Gasteiger charge is -2.30. The predicted octanol–water partition coefficient (Wildman–Crippen LogP) is 16.3. The molecule has 0 aliphatic heterocycles. The number of benzene rings is 8.